The van der Waals surface area contributed by atoms with Gasteiger partial charge in [0.25, 0.3) is 0 Å². The van der Waals surface area contributed by atoms with Crippen molar-refractivity contribution < 1.29 is 4.79 Å². The quantitative estimate of drug-likeness (QED) is 0.544. The van der Waals surface area contributed by atoms with Crippen LogP contribution in [0, 0.1) is 0 Å². The lowest BCUT2D eigenvalue weighted by Crippen LogP contribution is -2.31. The highest BCUT2D eigenvalue weighted by Gasteiger charge is 2.04. The number of hydrogen-bond acceptors (Lipinski definition) is 2. The van der Waals surface area contributed by atoms with Crippen molar-refractivity contribution in [3.8, 4) is 0 Å². The molecule has 0 aromatic rings. The summed E-state index contributed by atoms with van der Waals surface area (Å²) in [6.45, 7) is 10.3. The molecule has 0 heterocycles. The molecule has 0 atom stereocenters. The van der Waals surface area contributed by atoms with E-state index in [1.807, 2.05) is 0 Å². The highest BCUT2D eigenvalue weighted by molar-refractivity contribution is 5.75. The fraction of sp³-hybridized carbons (Fsp3) is 0.933. The van der Waals surface area contributed by atoms with Crippen LogP contribution in [-0.4, -0.2) is 37.0 Å². The van der Waals surface area contributed by atoms with Crippen molar-refractivity contribution in [3.63, 3.8) is 0 Å². The highest BCUT2D eigenvalue weighted by atomic mass is 16.1. The number of nitrogens with zero attached hydrogens (tertiary/aromatic N) is 1. The molecule has 0 unspecified atom stereocenters. The van der Waals surface area contributed by atoms with Crippen LogP contribution >= 0.6 is 0 Å². The van der Waals surface area contributed by atoms with Gasteiger partial charge in [-0.1, -0.05) is 52.9 Å². The number of unbranched alkanes of at least 4 members (excludes halogenated alkanes) is 5. The Labute approximate surface area is 113 Å². The van der Waals surface area contributed by atoms with Gasteiger partial charge in [-0.2, -0.15) is 0 Å². The van der Waals surface area contributed by atoms with Gasteiger partial charge >= 0.3 is 0 Å². The number of hydrogen-bond donors (Lipinski definition) is 1. The maximum Gasteiger partial charge on any atom is 0.221 e. The Hall–Kier alpha value is -0.570. The fourth-order valence-electron chi connectivity index (χ4n) is 2.02. The van der Waals surface area contributed by atoms with Crippen LogP contribution < -0.4 is 5.32 Å². The van der Waals surface area contributed by atoms with Crippen LogP contribution in [-0.2, 0) is 4.79 Å². The minimum Gasteiger partial charge on any atom is -0.356 e. The summed E-state index contributed by atoms with van der Waals surface area (Å²) in [6, 6.07) is 0. The van der Waals surface area contributed by atoms with Gasteiger partial charge in [0.15, 0.2) is 0 Å². The predicted molar refractivity (Wildman–Crippen MR) is 78.8 cm³/mol. The van der Waals surface area contributed by atoms with Crippen LogP contribution in [0.5, 0.6) is 0 Å². The second kappa shape index (κ2) is 12.9. The molecular weight excluding hydrogens is 224 g/mol. The van der Waals surface area contributed by atoms with E-state index in [1.165, 1.54) is 32.1 Å². The van der Waals surface area contributed by atoms with E-state index in [0.717, 1.165) is 32.6 Å². The third-order valence-electron chi connectivity index (χ3n) is 3.40. The van der Waals surface area contributed by atoms with E-state index >= 15 is 0 Å². The van der Waals surface area contributed by atoms with Crippen LogP contribution in [0.15, 0.2) is 0 Å². The maximum atomic E-state index is 11.6. The second-order valence-corrected chi connectivity index (χ2v) is 4.89. The molecule has 0 spiro atoms. The van der Waals surface area contributed by atoms with Crippen molar-refractivity contribution in [2.45, 2.75) is 65.7 Å². The van der Waals surface area contributed by atoms with Crippen LogP contribution in [0.1, 0.15) is 65.7 Å². The highest BCUT2D eigenvalue weighted by Crippen LogP contribution is 2.04. The van der Waals surface area contributed by atoms with Gasteiger partial charge in [0.05, 0.1) is 0 Å². The molecule has 0 radical (unpaired) electrons. The Bertz CT molecular complexity index is 191. The number of nitrogens with one attached hydrogen (secondary N) is 1. The molecule has 0 bridgehead atoms. The smallest absolute Gasteiger partial charge is 0.221 e. The summed E-state index contributed by atoms with van der Waals surface area (Å²) in [5.74, 6) is 0.204. The lowest BCUT2D eigenvalue weighted by molar-refractivity contribution is -0.121. The standard InChI is InChI=1S/C15H32N2O/c1-4-7-8-9-10-11-13-16-15(18)12-14-17(5-2)6-3/h4-14H2,1-3H3,(H,16,18). The minimum atomic E-state index is 0.204. The van der Waals surface area contributed by atoms with Crippen molar-refractivity contribution in [1.29, 1.82) is 0 Å². The van der Waals surface area contributed by atoms with E-state index in [-0.39, 0.29) is 5.91 Å². The first kappa shape index (κ1) is 17.4. The molecular formula is C15H32N2O. The molecule has 0 saturated carbocycles. The summed E-state index contributed by atoms with van der Waals surface area (Å²) < 4.78 is 0. The summed E-state index contributed by atoms with van der Waals surface area (Å²) >= 11 is 0. The zero-order valence-electron chi connectivity index (χ0n) is 12.6. The Morgan fingerprint density at radius 1 is 0.944 bits per heavy atom. The van der Waals surface area contributed by atoms with Crippen molar-refractivity contribution in [2.24, 2.45) is 0 Å². The topological polar surface area (TPSA) is 32.3 Å². The van der Waals surface area contributed by atoms with E-state index < -0.39 is 0 Å². The van der Waals surface area contributed by atoms with Gasteiger partial charge in [-0.3, -0.25) is 4.79 Å². The lowest BCUT2D eigenvalue weighted by Gasteiger charge is -2.17. The van der Waals surface area contributed by atoms with E-state index in [0.29, 0.717) is 6.42 Å². The average Bonchev–Trinajstić information content (AvgIpc) is 2.39. The second-order valence-electron chi connectivity index (χ2n) is 4.89. The molecule has 3 nitrogen and oxygen atoms in total. The number of carbonyl (C=O) groups excluding carboxylic acids is 1. The molecule has 0 rings (SSSR count). The normalized spacial score (nSPS) is 10.9. The van der Waals surface area contributed by atoms with Crippen LogP contribution in [0.4, 0.5) is 0 Å². The first-order chi connectivity index (χ1) is 8.74. The summed E-state index contributed by atoms with van der Waals surface area (Å²) in [5.41, 5.74) is 0. The number of amides is 1. The maximum absolute atomic E-state index is 11.6. The van der Waals surface area contributed by atoms with Gasteiger partial charge in [0.2, 0.25) is 5.91 Å². The van der Waals surface area contributed by atoms with Gasteiger partial charge < -0.3 is 10.2 Å². The minimum absolute atomic E-state index is 0.204. The third kappa shape index (κ3) is 10.6. The molecule has 108 valence electrons. The molecule has 1 amide bonds. The largest absolute Gasteiger partial charge is 0.356 e. The SMILES string of the molecule is CCCCCCCCNC(=O)CCN(CC)CC. The van der Waals surface area contributed by atoms with Gasteiger partial charge in [-0.25, -0.2) is 0 Å². The molecule has 0 aliphatic rings. The van der Waals surface area contributed by atoms with E-state index in [4.69, 9.17) is 0 Å². The monoisotopic (exact) mass is 256 g/mol. The summed E-state index contributed by atoms with van der Waals surface area (Å²) in [4.78, 5) is 13.9. The average molecular weight is 256 g/mol. The van der Waals surface area contributed by atoms with E-state index in [2.05, 4.69) is 31.0 Å². The van der Waals surface area contributed by atoms with Gasteiger partial charge in [0, 0.05) is 19.5 Å². The summed E-state index contributed by atoms with van der Waals surface area (Å²) in [5, 5.41) is 3.01. The van der Waals surface area contributed by atoms with Crippen molar-refractivity contribution in [2.75, 3.05) is 26.2 Å². The molecule has 3 heteroatoms. The van der Waals surface area contributed by atoms with Gasteiger partial charge in [0.1, 0.15) is 0 Å². The van der Waals surface area contributed by atoms with Crippen molar-refractivity contribution in [1.82, 2.24) is 10.2 Å². The molecule has 0 aromatic carbocycles. The Kier molecular flexibility index (Phi) is 12.5. The summed E-state index contributed by atoms with van der Waals surface area (Å²) in [7, 11) is 0. The molecule has 1 N–H and O–H groups in total. The van der Waals surface area contributed by atoms with Crippen LogP contribution in [0.25, 0.3) is 0 Å². The lowest BCUT2D eigenvalue weighted by atomic mass is 10.1. The molecule has 0 fully saturated rings. The molecule has 0 aliphatic heterocycles. The van der Waals surface area contributed by atoms with Crippen LogP contribution in [0.3, 0.4) is 0 Å². The third-order valence-corrected chi connectivity index (χ3v) is 3.40. The number of carbonyl (C=O) groups is 1. The Morgan fingerprint density at radius 2 is 1.56 bits per heavy atom. The fourth-order valence-corrected chi connectivity index (χ4v) is 2.02. The molecule has 0 aliphatic carbocycles. The first-order valence-corrected chi connectivity index (χ1v) is 7.73. The zero-order valence-corrected chi connectivity index (χ0v) is 12.6. The van der Waals surface area contributed by atoms with E-state index in [9.17, 15) is 4.79 Å². The van der Waals surface area contributed by atoms with Gasteiger partial charge in [-0.05, 0) is 19.5 Å². The predicted octanol–water partition coefficient (Wildman–Crippen LogP) is 3.20. The molecule has 18 heavy (non-hydrogen) atoms. The Morgan fingerprint density at radius 3 is 2.17 bits per heavy atom. The van der Waals surface area contributed by atoms with Gasteiger partial charge in [-0.15, -0.1) is 0 Å². The zero-order chi connectivity index (χ0) is 13.6. The van der Waals surface area contributed by atoms with Crippen LogP contribution in [0.2, 0.25) is 0 Å². The molecule has 0 aromatic heterocycles. The first-order valence-electron chi connectivity index (χ1n) is 7.73. The molecule has 0 saturated heterocycles. The summed E-state index contributed by atoms with van der Waals surface area (Å²) in [6.07, 6.45) is 8.29. The van der Waals surface area contributed by atoms with Crippen molar-refractivity contribution >= 4 is 5.91 Å². The number of rotatable bonds is 12. The van der Waals surface area contributed by atoms with Crippen molar-refractivity contribution in [3.05, 3.63) is 0 Å². The van der Waals surface area contributed by atoms with E-state index in [1.54, 1.807) is 0 Å². The Balaban J connectivity index is 3.31.